The molecule has 0 amide bonds. The maximum atomic E-state index is 12.8. The highest BCUT2D eigenvalue weighted by Crippen LogP contribution is 2.14. The molecule has 0 heterocycles. The Labute approximate surface area is 438 Å². The van der Waals surface area contributed by atoms with Gasteiger partial charge in [0.2, 0.25) is 0 Å². The predicted molar refractivity (Wildman–Crippen MR) is 307 cm³/mol. The van der Waals surface area contributed by atoms with Gasteiger partial charge in [0.15, 0.2) is 6.10 Å². The molecule has 0 aliphatic rings. The van der Waals surface area contributed by atoms with E-state index in [2.05, 4.69) is 130 Å². The molecule has 1 atom stereocenters. The van der Waals surface area contributed by atoms with Crippen molar-refractivity contribution in [2.45, 2.75) is 271 Å². The van der Waals surface area contributed by atoms with Crippen LogP contribution in [-0.2, 0) is 28.6 Å². The second kappa shape index (κ2) is 58.6. The summed E-state index contributed by atoms with van der Waals surface area (Å²) in [5, 5.41) is 0. The number of carbonyl (C=O) groups is 3. The summed E-state index contributed by atoms with van der Waals surface area (Å²) in [7, 11) is 0. The Morgan fingerprint density at radius 3 is 0.930 bits per heavy atom. The van der Waals surface area contributed by atoms with E-state index in [0.29, 0.717) is 19.3 Å². The number of carbonyl (C=O) groups excluding carboxylic acids is 3. The standard InChI is InChI=1S/C65H108O6/c1-4-7-10-13-16-19-22-25-27-29-30-31-32-33-34-36-37-40-43-46-49-52-55-58-64(67)70-61-62(60-69-63(66)57-54-51-48-45-42-39-24-21-18-15-12-9-6-3)71-65(68)59-56-53-50-47-44-41-38-35-28-26-23-20-17-14-11-8-5-2/h8,11,17,20-22,24-26,28-30,32-33,38,41,47,50,62H,4-7,9-10,12-16,18-19,23,27,31,34-37,39-40,42-46,48-49,51-61H2,1-3H3/b11-8-,20-17-,24-21-,25-22-,28-26-,30-29-,33-32-,41-38-,50-47-. The predicted octanol–water partition coefficient (Wildman–Crippen LogP) is 19.9. The van der Waals surface area contributed by atoms with Gasteiger partial charge in [0, 0.05) is 19.3 Å². The van der Waals surface area contributed by atoms with E-state index in [4.69, 9.17) is 14.2 Å². The Kier molecular flexibility index (Phi) is 55.4. The van der Waals surface area contributed by atoms with E-state index in [1.165, 1.54) is 109 Å². The molecular formula is C65H108O6. The third-order valence-corrected chi connectivity index (χ3v) is 12.2. The zero-order valence-electron chi connectivity index (χ0n) is 46.2. The van der Waals surface area contributed by atoms with Crippen LogP contribution in [0.5, 0.6) is 0 Å². The summed E-state index contributed by atoms with van der Waals surface area (Å²) >= 11 is 0. The van der Waals surface area contributed by atoms with Crippen molar-refractivity contribution < 1.29 is 28.6 Å². The molecule has 0 aliphatic carbocycles. The van der Waals surface area contributed by atoms with Gasteiger partial charge in [0.25, 0.3) is 0 Å². The fraction of sp³-hybridized carbons (Fsp3) is 0.677. The number of hydrogen-bond donors (Lipinski definition) is 0. The van der Waals surface area contributed by atoms with Gasteiger partial charge in [-0.05, 0) is 122 Å². The van der Waals surface area contributed by atoms with Crippen LogP contribution in [0, 0.1) is 0 Å². The first kappa shape index (κ1) is 67.1. The molecule has 404 valence electrons. The molecular weight excluding hydrogens is 877 g/mol. The highest BCUT2D eigenvalue weighted by atomic mass is 16.6. The van der Waals surface area contributed by atoms with E-state index < -0.39 is 6.10 Å². The zero-order chi connectivity index (χ0) is 51.4. The molecule has 0 spiro atoms. The SMILES string of the molecule is CC/C=C\C/C=C\C/C=C\C/C=C\C/C=C\CCCC(=O)OC(COC(=O)CCCCCCC/C=C\CCCCCC)COC(=O)CCCCCCCCCC/C=C\C/C=C\C/C=C\CCCCCCC. The van der Waals surface area contributed by atoms with Crippen LogP contribution in [0.1, 0.15) is 265 Å². The molecule has 1 unspecified atom stereocenters. The Hall–Kier alpha value is -3.93. The third kappa shape index (κ3) is 56.9. The monoisotopic (exact) mass is 985 g/mol. The highest BCUT2D eigenvalue weighted by molar-refractivity contribution is 5.71. The van der Waals surface area contributed by atoms with E-state index in [0.717, 1.165) is 109 Å². The molecule has 71 heavy (non-hydrogen) atoms. The van der Waals surface area contributed by atoms with E-state index in [9.17, 15) is 14.4 Å². The van der Waals surface area contributed by atoms with Crippen LogP contribution in [0.25, 0.3) is 0 Å². The lowest BCUT2D eigenvalue weighted by atomic mass is 10.1. The third-order valence-electron chi connectivity index (χ3n) is 12.2. The normalized spacial score (nSPS) is 12.9. The molecule has 0 aliphatic heterocycles. The second-order valence-electron chi connectivity index (χ2n) is 19.2. The molecule has 0 saturated heterocycles. The van der Waals surface area contributed by atoms with Crippen LogP contribution in [0.15, 0.2) is 109 Å². The Balaban J connectivity index is 4.45. The van der Waals surface area contributed by atoms with Gasteiger partial charge >= 0.3 is 17.9 Å². The van der Waals surface area contributed by atoms with Gasteiger partial charge in [-0.15, -0.1) is 0 Å². The van der Waals surface area contributed by atoms with Gasteiger partial charge < -0.3 is 14.2 Å². The summed E-state index contributed by atoms with van der Waals surface area (Å²) in [5.41, 5.74) is 0. The first-order chi connectivity index (χ1) is 35.0. The van der Waals surface area contributed by atoms with Crippen LogP contribution in [0.3, 0.4) is 0 Å². The molecule has 0 aromatic heterocycles. The van der Waals surface area contributed by atoms with Gasteiger partial charge in [0.1, 0.15) is 13.2 Å². The van der Waals surface area contributed by atoms with Crippen LogP contribution < -0.4 is 0 Å². The summed E-state index contributed by atoms with van der Waals surface area (Å²) in [6.45, 7) is 6.44. The lowest BCUT2D eigenvalue weighted by Gasteiger charge is -2.18. The molecule has 6 nitrogen and oxygen atoms in total. The quantitative estimate of drug-likeness (QED) is 0.0261. The van der Waals surface area contributed by atoms with Gasteiger partial charge in [0.05, 0.1) is 0 Å². The maximum Gasteiger partial charge on any atom is 0.306 e. The van der Waals surface area contributed by atoms with Gasteiger partial charge in [-0.1, -0.05) is 233 Å². The van der Waals surface area contributed by atoms with Crippen molar-refractivity contribution >= 4 is 17.9 Å². The van der Waals surface area contributed by atoms with E-state index in [-0.39, 0.29) is 37.5 Å². The fourth-order valence-corrected chi connectivity index (χ4v) is 7.83. The van der Waals surface area contributed by atoms with E-state index >= 15 is 0 Å². The molecule has 0 radical (unpaired) electrons. The van der Waals surface area contributed by atoms with Gasteiger partial charge in [-0.25, -0.2) is 0 Å². The Morgan fingerprint density at radius 2 is 0.563 bits per heavy atom. The summed E-state index contributed by atoms with van der Waals surface area (Å²) in [6, 6.07) is 0. The minimum atomic E-state index is -0.817. The molecule has 0 fully saturated rings. The average Bonchev–Trinajstić information content (AvgIpc) is 3.37. The molecule has 0 aromatic rings. The maximum absolute atomic E-state index is 12.8. The summed E-state index contributed by atoms with van der Waals surface area (Å²) in [6.07, 6.45) is 79.4. The second-order valence-corrected chi connectivity index (χ2v) is 19.2. The zero-order valence-corrected chi connectivity index (χ0v) is 46.2. The van der Waals surface area contributed by atoms with Gasteiger partial charge in [-0.3, -0.25) is 14.4 Å². The molecule has 0 aromatic carbocycles. The molecule has 0 bridgehead atoms. The Morgan fingerprint density at radius 1 is 0.296 bits per heavy atom. The lowest BCUT2D eigenvalue weighted by molar-refractivity contribution is -0.167. The van der Waals surface area contributed by atoms with E-state index in [1.54, 1.807) is 0 Å². The molecule has 6 heteroatoms. The highest BCUT2D eigenvalue weighted by Gasteiger charge is 2.19. The number of ether oxygens (including phenoxy) is 3. The van der Waals surface area contributed by atoms with Crippen LogP contribution in [-0.4, -0.2) is 37.2 Å². The fourth-order valence-electron chi connectivity index (χ4n) is 7.83. The van der Waals surface area contributed by atoms with Crippen molar-refractivity contribution in [3.05, 3.63) is 109 Å². The number of hydrogen-bond acceptors (Lipinski definition) is 6. The topological polar surface area (TPSA) is 78.9 Å². The van der Waals surface area contributed by atoms with Crippen LogP contribution in [0.2, 0.25) is 0 Å². The number of allylic oxidation sites excluding steroid dienone is 18. The van der Waals surface area contributed by atoms with Crippen molar-refractivity contribution in [3.63, 3.8) is 0 Å². The average molecular weight is 986 g/mol. The minimum absolute atomic E-state index is 0.108. The number of esters is 3. The van der Waals surface area contributed by atoms with Crippen molar-refractivity contribution in [3.8, 4) is 0 Å². The minimum Gasteiger partial charge on any atom is -0.462 e. The number of rotatable bonds is 52. The summed E-state index contributed by atoms with van der Waals surface area (Å²) in [4.78, 5) is 38.1. The first-order valence-corrected chi connectivity index (χ1v) is 29.4. The first-order valence-electron chi connectivity index (χ1n) is 29.4. The van der Waals surface area contributed by atoms with Crippen molar-refractivity contribution in [1.29, 1.82) is 0 Å². The number of unbranched alkanes of at least 4 members (excludes halogenated alkanes) is 23. The van der Waals surface area contributed by atoms with Gasteiger partial charge in [-0.2, -0.15) is 0 Å². The van der Waals surface area contributed by atoms with Crippen LogP contribution >= 0.6 is 0 Å². The smallest absolute Gasteiger partial charge is 0.306 e. The molecule has 0 saturated carbocycles. The summed E-state index contributed by atoms with van der Waals surface area (Å²) in [5.74, 6) is -0.982. The van der Waals surface area contributed by atoms with Crippen molar-refractivity contribution in [1.82, 2.24) is 0 Å². The molecule has 0 rings (SSSR count). The lowest BCUT2D eigenvalue weighted by Crippen LogP contribution is -2.30. The van der Waals surface area contributed by atoms with Crippen molar-refractivity contribution in [2.24, 2.45) is 0 Å². The largest absolute Gasteiger partial charge is 0.462 e. The Bertz CT molecular complexity index is 1460. The summed E-state index contributed by atoms with van der Waals surface area (Å²) < 4.78 is 16.8. The van der Waals surface area contributed by atoms with Crippen molar-refractivity contribution in [2.75, 3.05) is 13.2 Å². The van der Waals surface area contributed by atoms with E-state index in [1.807, 2.05) is 0 Å². The van der Waals surface area contributed by atoms with Crippen LogP contribution in [0.4, 0.5) is 0 Å². The molecule has 0 N–H and O–H groups in total.